The standard InChI is InChI=1S/C15H21N3O/c1-4-16-10-15-17-9-14(18-15)12-5-7-13(8-6-12)19-11(2)3/h5-9,11,16H,4,10H2,1-3H3,(H,17,18). The molecule has 0 bridgehead atoms. The van der Waals surface area contributed by atoms with Gasteiger partial charge >= 0.3 is 0 Å². The van der Waals surface area contributed by atoms with Crippen molar-refractivity contribution in [1.82, 2.24) is 15.3 Å². The Kier molecular flexibility index (Phi) is 4.58. The summed E-state index contributed by atoms with van der Waals surface area (Å²) >= 11 is 0. The van der Waals surface area contributed by atoms with Crippen LogP contribution in [0.4, 0.5) is 0 Å². The zero-order valence-corrected chi connectivity index (χ0v) is 11.7. The Bertz CT molecular complexity index is 502. The number of rotatable bonds is 6. The molecule has 102 valence electrons. The van der Waals surface area contributed by atoms with Crippen LogP contribution in [0.25, 0.3) is 11.3 Å². The first-order chi connectivity index (χ1) is 9.19. The fourth-order valence-corrected chi connectivity index (χ4v) is 1.83. The van der Waals surface area contributed by atoms with E-state index >= 15 is 0 Å². The van der Waals surface area contributed by atoms with Crippen LogP contribution in [0.3, 0.4) is 0 Å². The zero-order chi connectivity index (χ0) is 13.7. The topological polar surface area (TPSA) is 49.9 Å². The maximum atomic E-state index is 5.63. The second kappa shape index (κ2) is 6.38. The van der Waals surface area contributed by atoms with Crippen molar-refractivity contribution in [3.8, 4) is 17.0 Å². The second-order valence-corrected chi connectivity index (χ2v) is 4.71. The number of aromatic nitrogens is 2. The fourth-order valence-electron chi connectivity index (χ4n) is 1.83. The lowest BCUT2D eigenvalue weighted by atomic mass is 10.1. The van der Waals surface area contributed by atoms with Crippen molar-refractivity contribution < 1.29 is 4.74 Å². The summed E-state index contributed by atoms with van der Waals surface area (Å²) in [6, 6.07) is 8.06. The molecule has 0 aliphatic carbocycles. The number of nitrogens with one attached hydrogen (secondary N) is 2. The molecule has 0 saturated heterocycles. The van der Waals surface area contributed by atoms with Gasteiger partial charge in [-0.1, -0.05) is 6.92 Å². The fraction of sp³-hybridized carbons (Fsp3) is 0.400. The molecule has 0 saturated carbocycles. The Hall–Kier alpha value is -1.81. The van der Waals surface area contributed by atoms with Crippen LogP contribution in [0.1, 0.15) is 26.6 Å². The van der Waals surface area contributed by atoms with Gasteiger partial charge in [0.2, 0.25) is 0 Å². The molecule has 0 fully saturated rings. The second-order valence-electron chi connectivity index (χ2n) is 4.71. The summed E-state index contributed by atoms with van der Waals surface area (Å²) in [6.45, 7) is 7.84. The first-order valence-electron chi connectivity index (χ1n) is 6.70. The molecule has 4 heteroatoms. The summed E-state index contributed by atoms with van der Waals surface area (Å²) in [5.74, 6) is 1.85. The highest BCUT2D eigenvalue weighted by atomic mass is 16.5. The molecular weight excluding hydrogens is 238 g/mol. The third-order valence-electron chi connectivity index (χ3n) is 2.71. The summed E-state index contributed by atoms with van der Waals surface area (Å²) in [5, 5.41) is 3.25. The average Bonchev–Trinajstić information content (AvgIpc) is 2.85. The minimum atomic E-state index is 0.199. The SMILES string of the molecule is CCNCc1ncc(-c2ccc(OC(C)C)cc2)[nH]1. The van der Waals surface area contributed by atoms with Gasteiger partial charge in [-0.3, -0.25) is 0 Å². The van der Waals surface area contributed by atoms with E-state index < -0.39 is 0 Å². The molecular formula is C15H21N3O. The third-order valence-corrected chi connectivity index (χ3v) is 2.71. The zero-order valence-electron chi connectivity index (χ0n) is 11.7. The predicted octanol–water partition coefficient (Wildman–Crippen LogP) is 2.97. The lowest BCUT2D eigenvalue weighted by Gasteiger charge is -2.09. The van der Waals surface area contributed by atoms with Crippen LogP contribution in [-0.2, 0) is 6.54 Å². The highest BCUT2D eigenvalue weighted by Gasteiger charge is 2.04. The molecule has 2 N–H and O–H groups in total. The molecule has 4 nitrogen and oxygen atoms in total. The third kappa shape index (κ3) is 3.83. The Labute approximate surface area is 114 Å². The van der Waals surface area contributed by atoms with Crippen LogP contribution in [0.5, 0.6) is 5.75 Å². The van der Waals surface area contributed by atoms with Gasteiger partial charge in [-0.2, -0.15) is 0 Å². The number of hydrogen-bond donors (Lipinski definition) is 2. The number of H-pyrrole nitrogens is 1. The van der Waals surface area contributed by atoms with E-state index in [1.807, 2.05) is 44.3 Å². The Balaban J connectivity index is 2.07. The maximum Gasteiger partial charge on any atom is 0.120 e. The Morgan fingerprint density at radius 2 is 2.00 bits per heavy atom. The quantitative estimate of drug-likeness (QED) is 0.838. The first-order valence-corrected chi connectivity index (χ1v) is 6.70. The molecule has 1 heterocycles. The van der Waals surface area contributed by atoms with Crippen LogP contribution < -0.4 is 10.1 Å². The van der Waals surface area contributed by atoms with Gasteiger partial charge in [0.25, 0.3) is 0 Å². The van der Waals surface area contributed by atoms with Crippen LogP contribution in [0.15, 0.2) is 30.5 Å². The summed E-state index contributed by atoms with van der Waals surface area (Å²) in [4.78, 5) is 7.66. The van der Waals surface area contributed by atoms with Crippen molar-refractivity contribution in [1.29, 1.82) is 0 Å². The largest absolute Gasteiger partial charge is 0.491 e. The number of imidazole rings is 1. The van der Waals surface area contributed by atoms with E-state index in [1.165, 1.54) is 0 Å². The number of aromatic amines is 1. The summed E-state index contributed by atoms with van der Waals surface area (Å²) in [7, 11) is 0. The van der Waals surface area contributed by atoms with Crippen molar-refractivity contribution in [2.75, 3.05) is 6.54 Å². The van der Waals surface area contributed by atoms with Gasteiger partial charge < -0.3 is 15.0 Å². The van der Waals surface area contributed by atoms with E-state index in [1.54, 1.807) is 0 Å². The molecule has 0 spiro atoms. The van der Waals surface area contributed by atoms with Gasteiger partial charge in [0.05, 0.1) is 24.5 Å². The predicted molar refractivity (Wildman–Crippen MR) is 77.2 cm³/mol. The maximum absolute atomic E-state index is 5.63. The van der Waals surface area contributed by atoms with Crippen LogP contribution in [-0.4, -0.2) is 22.6 Å². The molecule has 2 aromatic rings. The molecule has 0 aliphatic heterocycles. The average molecular weight is 259 g/mol. The molecule has 1 aromatic carbocycles. The lowest BCUT2D eigenvalue weighted by molar-refractivity contribution is 0.242. The van der Waals surface area contributed by atoms with Gasteiger partial charge in [-0.15, -0.1) is 0 Å². The number of nitrogens with zero attached hydrogens (tertiary/aromatic N) is 1. The van der Waals surface area contributed by atoms with E-state index in [0.29, 0.717) is 0 Å². The molecule has 0 aliphatic rings. The Morgan fingerprint density at radius 3 is 2.63 bits per heavy atom. The summed E-state index contributed by atoms with van der Waals surface area (Å²) < 4.78 is 5.63. The molecule has 0 amide bonds. The monoisotopic (exact) mass is 259 g/mol. The van der Waals surface area contributed by atoms with Crippen LogP contribution >= 0.6 is 0 Å². The van der Waals surface area contributed by atoms with Gasteiger partial charge in [-0.25, -0.2) is 4.98 Å². The molecule has 0 radical (unpaired) electrons. The van der Waals surface area contributed by atoms with Gasteiger partial charge in [0, 0.05) is 0 Å². The minimum Gasteiger partial charge on any atom is -0.491 e. The van der Waals surface area contributed by atoms with Crippen molar-refractivity contribution in [3.05, 3.63) is 36.3 Å². The first kappa shape index (κ1) is 13.6. The van der Waals surface area contributed by atoms with Crippen molar-refractivity contribution in [2.24, 2.45) is 0 Å². The highest BCUT2D eigenvalue weighted by Crippen LogP contribution is 2.21. The van der Waals surface area contributed by atoms with Crippen molar-refractivity contribution in [2.45, 2.75) is 33.4 Å². The van der Waals surface area contributed by atoms with Crippen LogP contribution in [0, 0.1) is 0 Å². The summed E-state index contributed by atoms with van der Waals surface area (Å²) in [5.41, 5.74) is 2.15. The smallest absolute Gasteiger partial charge is 0.120 e. The lowest BCUT2D eigenvalue weighted by Crippen LogP contribution is -2.12. The van der Waals surface area contributed by atoms with Crippen LogP contribution in [0.2, 0.25) is 0 Å². The van der Waals surface area contributed by atoms with Crippen molar-refractivity contribution in [3.63, 3.8) is 0 Å². The molecule has 2 rings (SSSR count). The molecule has 19 heavy (non-hydrogen) atoms. The van der Waals surface area contributed by atoms with E-state index in [9.17, 15) is 0 Å². The minimum absolute atomic E-state index is 0.199. The number of benzene rings is 1. The molecule has 0 unspecified atom stereocenters. The van der Waals surface area contributed by atoms with E-state index in [-0.39, 0.29) is 6.10 Å². The normalized spacial score (nSPS) is 10.9. The Morgan fingerprint density at radius 1 is 1.26 bits per heavy atom. The van der Waals surface area contributed by atoms with Gasteiger partial charge in [0.15, 0.2) is 0 Å². The van der Waals surface area contributed by atoms with Gasteiger partial charge in [0.1, 0.15) is 11.6 Å². The van der Waals surface area contributed by atoms with E-state index in [0.717, 1.165) is 35.9 Å². The van der Waals surface area contributed by atoms with Gasteiger partial charge in [-0.05, 0) is 50.2 Å². The summed E-state index contributed by atoms with van der Waals surface area (Å²) in [6.07, 6.45) is 2.06. The number of hydrogen-bond acceptors (Lipinski definition) is 3. The van der Waals surface area contributed by atoms with Crippen molar-refractivity contribution >= 4 is 0 Å². The molecule has 0 atom stereocenters. The highest BCUT2D eigenvalue weighted by molar-refractivity contribution is 5.59. The number of ether oxygens (including phenoxy) is 1. The molecule has 1 aromatic heterocycles. The van der Waals surface area contributed by atoms with E-state index in [4.69, 9.17) is 4.74 Å². The van der Waals surface area contributed by atoms with E-state index in [2.05, 4.69) is 22.2 Å².